The first-order chi connectivity index (χ1) is 7.20. The molecule has 0 rings (SSSR count). The quantitative estimate of drug-likeness (QED) is 0.561. The molecule has 3 heteroatoms. The van der Waals surface area contributed by atoms with Gasteiger partial charge in [0.15, 0.2) is 0 Å². The molecule has 0 saturated heterocycles. The fraction of sp³-hybridized carbons (Fsp3) is 1.00. The minimum atomic E-state index is 0.668. The first kappa shape index (κ1) is 14.9. The fourth-order valence-electron chi connectivity index (χ4n) is 1.49. The molecule has 1 N–H and O–H groups in total. The molecule has 0 spiro atoms. The minimum absolute atomic E-state index is 0.668. The second-order valence-corrected chi connectivity index (χ2v) is 4.40. The van der Waals surface area contributed by atoms with Crippen molar-refractivity contribution in [1.82, 2.24) is 10.2 Å². The first-order valence-electron chi connectivity index (χ1n) is 6.08. The Labute approximate surface area is 95.2 Å². The van der Waals surface area contributed by atoms with E-state index in [1.807, 2.05) is 0 Å². The average Bonchev–Trinajstić information content (AvgIpc) is 2.22. The van der Waals surface area contributed by atoms with Crippen molar-refractivity contribution in [2.75, 3.05) is 46.9 Å². The third kappa shape index (κ3) is 10.2. The Morgan fingerprint density at radius 2 is 2.00 bits per heavy atom. The standard InChI is InChI=1S/C12H28N2O/c1-5-7-13-8-10-14(3)9-6-12(2)11-15-4/h12-13H,5-11H2,1-4H3. The molecule has 0 aromatic heterocycles. The van der Waals surface area contributed by atoms with E-state index in [1.54, 1.807) is 7.11 Å². The molecular formula is C12H28N2O. The zero-order valence-electron chi connectivity index (χ0n) is 10.9. The predicted molar refractivity (Wildman–Crippen MR) is 66.3 cm³/mol. The van der Waals surface area contributed by atoms with Crippen molar-refractivity contribution in [3.63, 3.8) is 0 Å². The van der Waals surface area contributed by atoms with E-state index in [0.29, 0.717) is 5.92 Å². The number of nitrogens with one attached hydrogen (secondary N) is 1. The molecule has 0 saturated carbocycles. The summed E-state index contributed by atoms with van der Waals surface area (Å²) in [6, 6.07) is 0. The van der Waals surface area contributed by atoms with E-state index in [0.717, 1.165) is 26.2 Å². The van der Waals surface area contributed by atoms with Crippen molar-refractivity contribution < 1.29 is 4.74 Å². The van der Waals surface area contributed by atoms with Crippen LogP contribution < -0.4 is 5.32 Å². The molecule has 0 radical (unpaired) electrons. The monoisotopic (exact) mass is 216 g/mol. The van der Waals surface area contributed by atoms with Crippen LogP contribution in [0.5, 0.6) is 0 Å². The summed E-state index contributed by atoms with van der Waals surface area (Å²) in [5, 5.41) is 3.41. The van der Waals surface area contributed by atoms with E-state index >= 15 is 0 Å². The minimum Gasteiger partial charge on any atom is -0.384 e. The molecule has 0 aromatic rings. The molecule has 0 aliphatic rings. The van der Waals surface area contributed by atoms with Crippen LogP contribution in [0.1, 0.15) is 26.7 Å². The molecule has 3 nitrogen and oxygen atoms in total. The summed E-state index contributed by atoms with van der Waals surface area (Å²) in [5.74, 6) is 0.668. The zero-order chi connectivity index (χ0) is 11.5. The molecule has 0 fully saturated rings. The summed E-state index contributed by atoms with van der Waals surface area (Å²) in [5.41, 5.74) is 0. The molecule has 0 bridgehead atoms. The summed E-state index contributed by atoms with van der Waals surface area (Å²) in [4.78, 5) is 2.38. The molecule has 0 aliphatic carbocycles. The van der Waals surface area contributed by atoms with Crippen molar-refractivity contribution >= 4 is 0 Å². The van der Waals surface area contributed by atoms with Gasteiger partial charge in [-0.05, 0) is 38.9 Å². The number of methoxy groups -OCH3 is 1. The van der Waals surface area contributed by atoms with Crippen molar-refractivity contribution in [1.29, 1.82) is 0 Å². The van der Waals surface area contributed by atoms with Gasteiger partial charge in [-0.25, -0.2) is 0 Å². The Morgan fingerprint density at radius 3 is 2.60 bits per heavy atom. The number of hydrogen-bond donors (Lipinski definition) is 1. The van der Waals surface area contributed by atoms with Crippen molar-refractivity contribution in [3.05, 3.63) is 0 Å². The highest BCUT2D eigenvalue weighted by atomic mass is 16.5. The Kier molecular flexibility index (Phi) is 10.3. The lowest BCUT2D eigenvalue weighted by molar-refractivity contribution is 0.148. The lowest BCUT2D eigenvalue weighted by atomic mass is 10.1. The second kappa shape index (κ2) is 10.4. The molecule has 0 heterocycles. The molecule has 1 atom stereocenters. The molecule has 0 aromatic carbocycles. The smallest absolute Gasteiger partial charge is 0.0488 e. The van der Waals surface area contributed by atoms with Crippen LogP contribution in [-0.2, 0) is 4.74 Å². The van der Waals surface area contributed by atoms with Crippen molar-refractivity contribution in [2.45, 2.75) is 26.7 Å². The van der Waals surface area contributed by atoms with Crippen LogP contribution in [0.25, 0.3) is 0 Å². The van der Waals surface area contributed by atoms with Gasteiger partial charge >= 0.3 is 0 Å². The summed E-state index contributed by atoms with van der Waals surface area (Å²) >= 11 is 0. The second-order valence-electron chi connectivity index (χ2n) is 4.40. The first-order valence-corrected chi connectivity index (χ1v) is 6.08. The predicted octanol–water partition coefficient (Wildman–Crippen LogP) is 1.59. The lowest BCUT2D eigenvalue weighted by Gasteiger charge is -2.19. The van der Waals surface area contributed by atoms with E-state index in [2.05, 4.69) is 31.1 Å². The Bertz CT molecular complexity index is 131. The van der Waals surface area contributed by atoms with Gasteiger partial charge in [-0.3, -0.25) is 0 Å². The highest BCUT2D eigenvalue weighted by Crippen LogP contribution is 2.02. The summed E-state index contributed by atoms with van der Waals surface area (Å²) < 4.78 is 5.12. The molecule has 15 heavy (non-hydrogen) atoms. The van der Waals surface area contributed by atoms with Crippen LogP contribution >= 0.6 is 0 Å². The number of hydrogen-bond acceptors (Lipinski definition) is 3. The third-order valence-electron chi connectivity index (χ3n) is 2.55. The highest BCUT2D eigenvalue weighted by molar-refractivity contribution is 4.58. The van der Waals surface area contributed by atoms with E-state index in [-0.39, 0.29) is 0 Å². The van der Waals surface area contributed by atoms with Gasteiger partial charge in [-0.1, -0.05) is 13.8 Å². The molecule has 0 amide bonds. The van der Waals surface area contributed by atoms with Gasteiger partial charge in [-0.2, -0.15) is 0 Å². The molecule has 0 aliphatic heterocycles. The topological polar surface area (TPSA) is 24.5 Å². The maximum absolute atomic E-state index is 5.12. The highest BCUT2D eigenvalue weighted by Gasteiger charge is 2.03. The van der Waals surface area contributed by atoms with Crippen molar-refractivity contribution in [3.8, 4) is 0 Å². The zero-order valence-corrected chi connectivity index (χ0v) is 10.9. The van der Waals surface area contributed by atoms with Crippen LogP contribution in [0, 0.1) is 5.92 Å². The molecule has 92 valence electrons. The van der Waals surface area contributed by atoms with Crippen LogP contribution in [0.15, 0.2) is 0 Å². The van der Waals surface area contributed by atoms with Gasteiger partial charge < -0.3 is 15.0 Å². The van der Waals surface area contributed by atoms with Gasteiger partial charge in [0.25, 0.3) is 0 Å². The SMILES string of the molecule is CCCNCCN(C)CCC(C)COC. The van der Waals surface area contributed by atoms with Gasteiger partial charge in [-0.15, -0.1) is 0 Å². The van der Waals surface area contributed by atoms with Gasteiger partial charge in [0, 0.05) is 26.8 Å². The van der Waals surface area contributed by atoms with Crippen LogP contribution in [0.2, 0.25) is 0 Å². The maximum atomic E-state index is 5.12. The van der Waals surface area contributed by atoms with Crippen molar-refractivity contribution in [2.24, 2.45) is 5.92 Å². The summed E-state index contributed by atoms with van der Waals surface area (Å²) in [7, 11) is 3.96. The van der Waals surface area contributed by atoms with Gasteiger partial charge in [0.2, 0.25) is 0 Å². The Morgan fingerprint density at radius 1 is 1.27 bits per heavy atom. The summed E-state index contributed by atoms with van der Waals surface area (Å²) in [6.45, 7) is 9.85. The van der Waals surface area contributed by atoms with E-state index in [9.17, 15) is 0 Å². The lowest BCUT2D eigenvalue weighted by Crippen LogP contribution is -2.31. The normalized spacial score (nSPS) is 13.4. The van der Waals surface area contributed by atoms with Crippen LogP contribution in [0.3, 0.4) is 0 Å². The van der Waals surface area contributed by atoms with E-state index in [4.69, 9.17) is 4.74 Å². The Hall–Kier alpha value is -0.120. The Balaban J connectivity index is 3.28. The molecular weight excluding hydrogens is 188 g/mol. The maximum Gasteiger partial charge on any atom is 0.0488 e. The molecule has 1 unspecified atom stereocenters. The number of ether oxygens (including phenoxy) is 1. The average molecular weight is 216 g/mol. The summed E-state index contributed by atoms with van der Waals surface area (Å²) in [6.07, 6.45) is 2.44. The third-order valence-corrected chi connectivity index (χ3v) is 2.55. The number of rotatable bonds is 10. The van der Waals surface area contributed by atoms with Gasteiger partial charge in [0.05, 0.1) is 0 Å². The van der Waals surface area contributed by atoms with Gasteiger partial charge in [0.1, 0.15) is 0 Å². The van der Waals surface area contributed by atoms with Crippen LogP contribution in [-0.4, -0.2) is 51.8 Å². The largest absolute Gasteiger partial charge is 0.384 e. The van der Waals surface area contributed by atoms with E-state index < -0.39 is 0 Å². The van der Waals surface area contributed by atoms with E-state index in [1.165, 1.54) is 19.4 Å². The number of nitrogens with zero attached hydrogens (tertiary/aromatic N) is 1. The number of likely N-dealkylation sites (N-methyl/N-ethyl adjacent to an activating group) is 1. The fourth-order valence-corrected chi connectivity index (χ4v) is 1.49. The van der Waals surface area contributed by atoms with Crippen LogP contribution in [0.4, 0.5) is 0 Å².